The molecular weight excluding hydrogens is 430 g/mol. The van der Waals surface area contributed by atoms with Crippen LogP contribution in [0, 0.1) is 0 Å². The van der Waals surface area contributed by atoms with Crippen molar-refractivity contribution in [2.45, 2.75) is 30.7 Å². The summed E-state index contributed by atoms with van der Waals surface area (Å²) >= 11 is 6.18. The summed E-state index contributed by atoms with van der Waals surface area (Å²) in [6.45, 7) is 2.11. The first-order valence-electron chi connectivity index (χ1n) is 9.50. The van der Waals surface area contributed by atoms with Gasteiger partial charge in [0.2, 0.25) is 10.0 Å². The van der Waals surface area contributed by atoms with Crippen molar-refractivity contribution in [2.75, 3.05) is 27.4 Å². The Hall–Kier alpha value is -2.29. The van der Waals surface area contributed by atoms with Gasteiger partial charge in [-0.1, -0.05) is 23.7 Å². The topological polar surface area (TPSA) is 82.1 Å². The molecule has 0 aromatic heterocycles. The third-order valence-electron chi connectivity index (χ3n) is 5.04. The second-order valence-electron chi connectivity index (χ2n) is 6.73. The van der Waals surface area contributed by atoms with E-state index in [4.69, 9.17) is 25.8 Å². The second kappa shape index (κ2) is 9.24. The lowest BCUT2D eigenvalue weighted by atomic mass is 9.91. The van der Waals surface area contributed by atoms with E-state index in [1.165, 1.54) is 30.7 Å². The molecule has 3 rings (SSSR count). The van der Waals surface area contributed by atoms with Crippen molar-refractivity contribution >= 4 is 27.6 Å². The predicted octanol–water partition coefficient (Wildman–Crippen LogP) is 3.60. The first kappa shape index (κ1) is 22.4. The number of carbonyl (C=O) groups excluding carboxylic acids is 1. The Morgan fingerprint density at radius 3 is 2.47 bits per heavy atom. The van der Waals surface area contributed by atoms with Crippen molar-refractivity contribution in [3.05, 3.63) is 52.5 Å². The summed E-state index contributed by atoms with van der Waals surface area (Å²) in [6, 6.07) is 9.07. The number of nitrogens with zero attached hydrogens (tertiary/aromatic N) is 1. The summed E-state index contributed by atoms with van der Waals surface area (Å²) in [5.74, 6) is 0.528. The molecule has 30 heavy (non-hydrogen) atoms. The number of halogens is 1. The van der Waals surface area contributed by atoms with Gasteiger partial charge in [0.25, 0.3) is 0 Å². The molecule has 162 valence electrons. The minimum atomic E-state index is -3.96. The Bertz CT molecular complexity index is 1040. The molecule has 0 radical (unpaired) electrons. The van der Waals surface area contributed by atoms with Crippen LogP contribution in [-0.4, -0.2) is 46.1 Å². The maximum atomic E-state index is 13.5. The van der Waals surface area contributed by atoms with Crippen molar-refractivity contribution in [1.82, 2.24) is 4.31 Å². The van der Waals surface area contributed by atoms with Crippen molar-refractivity contribution < 1.29 is 27.4 Å². The van der Waals surface area contributed by atoms with Gasteiger partial charge in [0.1, 0.15) is 4.90 Å². The first-order chi connectivity index (χ1) is 14.3. The van der Waals surface area contributed by atoms with Crippen LogP contribution in [0.2, 0.25) is 5.02 Å². The predicted molar refractivity (Wildman–Crippen MR) is 113 cm³/mol. The number of fused-ring (bicyclic) bond motifs is 1. The first-order valence-corrected chi connectivity index (χ1v) is 11.3. The lowest BCUT2D eigenvalue weighted by Gasteiger charge is -2.36. The molecule has 0 spiro atoms. The summed E-state index contributed by atoms with van der Waals surface area (Å²) in [7, 11) is -0.914. The summed E-state index contributed by atoms with van der Waals surface area (Å²) in [5, 5.41) is 0.130. The van der Waals surface area contributed by atoms with Crippen LogP contribution in [0.15, 0.2) is 41.3 Å². The number of sulfonamides is 1. The van der Waals surface area contributed by atoms with Crippen LogP contribution in [0.4, 0.5) is 0 Å². The van der Waals surface area contributed by atoms with E-state index in [2.05, 4.69) is 0 Å². The lowest BCUT2D eigenvalue weighted by Crippen LogP contribution is -2.41. The molecule has 0 bridgehead atoms. The van der Waals surface area contributed by atoms with Crippen molar-refractivity contribution in [1.29, 1.82) is 0 Å². The maximum Gasteiger partial charge on any atom is 0.307 e. The molecule has 9 heteroatoms. The molecule has 0 unspecified atom stereocenters. The zero-order valence-corrected chi connectivity index (χ0v) is 18.6. The summed E-state index contributed by atoms with van der Waals surface area (Å²) < 4.78 is 44.2. The number of ether oxygens (including phenoxy) is 3. The minimum absolute atomic E-state index is 0.00412. The van der Waals surface area contributed by atoms with Gasteiger partial charge in [-0.25, -0.2) is 8.42 Å². The van der Waals surface area contributed by atoms with Crippen LogP contribution in [-0.2, 0) is 26.0 Å². The fourth-order valence-electron chi connectivity index (χ4n) is 3.66. The van der Waals surface area contributed by atoms with Crippen LogP contribution in [0.3, 0.4) is 0 Å². The molecule has 2 aromatic rings. The Kier molecular flexibility index (Phi) is 6.90. The third kappa shape index (κ3) is 4.26. The van der Waals surface area contributed by atoms with Gasteiger partial charge in [-0.15, -0.1) is 0 Å². The molecule has 1 aliphatic rings. The second-order valence-corrected chi connectivity index (χ2v) is 8.99. The Morgan fingerprint density at radius 1 is 1.17 bits per heavy atom. The number of hydrogen-bond acceptors (Lipinski definition) is 6. The van der Waals surface area contributed by atoms with E-state index >= 15 is 0 Å². The highest BCUT2D eigenvalue weighted by atomic mass is 35.5. The summed E-state index contributed by atoms with van der Waals surface area (Å²) in [4.78, 5) is 12.4. The highest BCUT2D eigenvalue weighted by Gasteiger charge is 2.39. The normalized spacial score (nSPS) is 16.6. The van der Waals surface area contributed by atoms with Gasteiger partial charge in [-0.3, -0.25) is 4.79 Å². The van der Waals surface area contributed by atoms with Gasteiger partial charge >= 0.3 is 5.97 Å². The standard InChI is InChI=1S/C21H24ClNO6S/c1-4-29-21(24)13-17-15-12-19(28-3)18(27-2)11-14(15)9-10-23(17)30(25,26)20-8-6-5-7-16(20)22/h5-8,11-12,17H,4,9-10,13H2,1-3H3/t17-/m0/s1. The minimum Gasteiger partial charge on any atom is -0.493 e. The molecule has 2 aromatic carbocycles. The Labute approximate surface area is 181 Å². The molecule has 1 atom stereocenters. The molecule has 0 amide bonds. The van der Waals surface area contributed by atoms with Gasteiger partial charge in [0, 0.05) is 6.54 Å². The van der Waals surface area contributed by atoms with E-state index in [0.717, 1.165) is 5.56 Å². The fourth-order valence-corrected chi connectivity index (χ4v) is 5.76. The van der Waals surface area contributed by atoms with Crippen molar-refractivity contribution in [3.8, 4) is 11.5 Å². The molecule has 1 heterocycles. The van der Waals surface area contributed by atoms with Crippen LogP contribution in [0.1, 0.15) is 30.5 Å². The van der Waals surface area contributed by atoms with E-state index in [0.29, 0.717) is 23.5 Å². The largest absolute Gasteiger partial charge is 0.493 e. The Balaban J connectivity index is 2.12. The van der Waals surface area contributed by atoms with E-state index in [1.807, 2.05) is 6.07 Å². The van der Waals surface area contributed by atoms with E-state index in [9.17, 15) is 13.2 Å². The number of esters is 1. The number of methoxy groups -OCH3 is 2. The molecule has 0 saturated heterocycles. The van der Waals surface area contributed by atoms with E-state index < -0.39 is 22.0 Å². The maximum absolute atomic E-state index is 13.5. The van der Waals surface area contributed by atoms with Crippen molar-refractivity contribution in [2.24, 2.45) is 0 Å². The number of hydrogen-bond donors (Lipinski definition) is 0. The van der Waals surface area contributed by atoms with E-state index in [-0.39, 0.29) is 29.5 Å². The highest BCUT2D eigenvalue weighted by Crippen LogP contribution is 2.42. The zero-order chi connectivity index (χ0) is 21.9. The molecule has 0 N–H and O–H groups in total. The van der Waals surface area contributed by atoms with Gasteiger partial charge in [-0.05, 0) is 48.7 Å². The monoisotopic (exact) mass is 453 g/mol. The molecule has 0 fully saturated rings. The average molecular weight is 454 g/mol. The third-order valence-corrected chi connectivity index (χ3v) is 7.45. The van der Waals surface area contributed by atoms with Crippen LogP contribution in [0.25, 0.3) is 0 Å². The van der Waals surface area contributed by atoms with Gasteiger partial charge in [0.15, 0.2) is 11.5 Å². The molecule has 0 aliphatic carbocycles. The van der Waals surface area contributed by atoms with Gasteiger partial charge in [0.05, 0.1) is 38.3 Å². The number of rotatable bonds is 7. The lowest BCUT2D eigenvalue weighted by molar-refractivity contribution is -0.144. The molecular formula is C21H24ClNO6S. The van der Waals surface area contributed by atoms with Gasteiger partial charge < -0.3 is 14.2 Å². The van der Waals surface area contributed by atoms with Crippen LogP contribution in [0.5, 0.6) is 11.5 Å². The molecule has 7 nitrogen and oxygen atoms in total. The van der Waals surface area contributed by atoms with E-state index in [1.54, 1.807) is 25.1 Å². The van der Waals surface area contributed by atoms with Crippen molar-refractivity contribution in [3.63, 3.8) is 0 Å². The fraction of sp³-hybridized carbons (Fsp3) is 0.381. The highest BCUT2D eigenvalue weighted by molar-refractivity contribution is 7.89. The zero-order valence-electron chi connectivity index (χ0n) is 17.1. The molecule has 0 saturated carbocycles. The summed E-state index contributed by atoms with van der Waals surface area (Å²) in [5.41, 5.74) is 1.58. The quantitative estimate of drug-likeness (QED) is 0.596. The van der Waals surface area contributed by atoms with Gasteiger partial charge in [-0.2, -0.15) is 4.31 Å². The average Bonchev–Trinajstić information content (AvgIpc) is 2.73. The number of carbonyl (C=O) groups is 1. The molecule has 1 aliphatic heterocycles. The smallest absolute Gasteiger partial charge is 0.307 e. The Morgan fingerprint density at radius 2 is 1.83 bits per heavy atom. The van der Waals surface area contributed by atoms with Crippen LogP contribution < -0.4 is 9.47 Å². The number of benzene rings is 2. The SMILES string of the molecule is CCOC(=O)C[C@H]1c2cc(OC)c(OC)cc2CCN1S(=O)(=O)c1ccccc1Cl. The van der Waals surface area contributed by atoms with Crippen LogP contribution >= 0.6 is 11.6 Å². The summed E-state index contributed by atoms with van der Waals surface area (Å²) in [6.07, 6.45) is 0.332.